The number of hydrogen-bond donors (Lipinski definition) is 0. The molecule has 0 saturated heterocycles. The standard InChI is InChI=1S/C44H31NO/c1-44(2)37-23-21-32(25-36(37)42-38(44)24-22-35-34-15-9-10-16-41(34)46-43(35)42)29-17-19-31(20-18-29)40-27-33(28-11-5-3-6-12-28)26-39(45-40)30-13-7-4-8-14-30/h3-27H,1-2H3. The maximum Gasteiger partial charge on any atom is 0.143 e. The maximum atomic E-state index is 6.53. The molecule has 1 aliphatic carbocycles. The van der Waals surface area contributed by atoms with E-state index in [0.717, 1.165) is 39.2 Å². The van der Waals surface area contributed by atoms with Gasteiger partial charge in [-0.3, -0.25) is 0 Å². The monoisotopic (exact) mass is 589 g/mol. The first-order chi connectivity index (χ1) is 22.5. The van der Waals surface area contributed by atoms with Crippen molar-refractivity contribution in [1.82, 2.24) is 4.98 Å². The van der Waals surface area contributed by atoms with Gasteiger partial charge in [-0.15, -0.1) is 0 Å². The molecule has 0 bridgehead atoms. The van der Waals surface area contributed by atoms with Crippen molar-refractivity contribution in [2.75, 3.05) is 0 Å². The largest absolute Gasteiger partial charge is 0.455 e. The van der Waals surface area contributed by atoms with Crippen LogP contribution in [0.15, 0.2) is 156 Å². The third kappa shape index (κ3) is 4.14. The summed E-state index contributed by atoms with van der Waals surface area (Å²) in [5.74, 6) is 0. The van der Waals surface area contributed by atoms with Crippen LogP contribution in [0, 0.1) is 0 Å². The van der Waals surface area contributed by atoms with Crippen LogP contribution in [0.2, 0.25) is 0 Å². The number of fused-ring (bicyclic) bond motifs is 7. The molecule has 2 heteroatoms. The molecule has 46 heavy (non-hydrogen) atoms. The van der Waals surface area contributed by atoms with Gasteiger partial charge in [0, 0.05) is 32.9 Å². The lowest BCUT2D eigenvalue weighted by Crippen LogP contribution is -2.14. The van der Waals surface area contributed by atoms with Crippen molar-refractivity contribution in [2.45, 2.75) is 19.3 Å². The maximum absolute atomic E-state index is 6.53. The summed E-state index contributed by atoms with van der Waals surface area (Å²) >= 11 is 0. The van der Waals surface area contributed by atoms with E-state index in [1.54, 1.807) is 0 Å². The summed E-state index contributed by atoms with van der Waals surface area (Å²) in [6.07, 6.45) is 0. The zero-order valence-electron chi connectivity index (χ0n) is 25.8. The molecular weight excluding hydrogens is 558 g/mol. The summed E-state index contributed by atoms with van der Waals surface area (Å²) < 4.78 is 6.53. The molecule has 0 atom stereocenters. The van der Waals surface area contributed by atoms with E-state index in [9.17, 15) is 0 Å². The topological polar surface area (TPSA) is 26.0 Å². The van der Waals surface area contributed by atoms with Gasteiger partial charge in [0.15, 0.2) is 0 Å². The van der Waals surface area contributed by atoms with Crippen LogP contribution in [-0.4, -0.2) is 4.98 Å². The van der Waals surface area contributed by atoms with Crippen molar-refractivity contribution in [2.24, 2.45) is 0 Å². The molecule has 9 rings (SSSR count). The van der Waals surface area contributed by atoms with E-state index >= 15 is 0 Å². The van der Waals surface area contributed by atoms with Gasteiger partial charge in [-0.1, -0.05) is 141 Å². The van der Waals surface area contributed by atoms with Crippen LogP contribution in [0.4, 0.5) is 0 Å². The molecule has 2 nitrogen and oxygen atoms in total. The van der Waals surface area contributed by atoms with Crippen LogP contribution in [-0.2, 0) is 5.41 Å². The summed E-state index contributed by atoms with van der Waals surface area (Å²) in [4.78, 5) is 5.13. The van der Waals surface area contributed by atoms with Crippen LogP contribution >= 0.6 is 0 Å². The number of hydrogen-bond acceptors (Lipinski definition) is 2. The van der Waals surface area contributed by atoms with Crippen molar-refractivity contribution in [1.29, 1.82) is 0 Å². The minimum absolute atomic E-state index is 0.105. The molecular formula is C44H31NO. The van der Waals surface area contributed by atoms with E-state index < -0.39 is 0 Å². The Labute approximate surface area is 268 Å². The van der Waals surface area contributed by atoms with Gasteiger partial charge in [-0.05, 0) is 63.2 Å². The van der Waals surface area contributed by atoms with Crippen LogP contribution in [0.3, 0.4) is 0 Å². The van der Waals surface area contributed by atoms with Crippen molar-refractivity contribution in [3.05, 3.63) is 163 Å². The van der Waals surface area contributed by atoms with Gasteiger partial charge in [-0.25, -0.2) is 4.98 Å². The Morgan fingerprint density at radius 1 is 0.457 bits per heavy atom. The Bertz CT molecular complexity index is 2360. The second kappa shape index (κ2) is 10.2. The summed E-state index contributed by atoms with van der Waals surface area (Å²) in [5.41, 5.74) is 15.8. The number of benzene rings is 6. The highest BCUT2D eigenvalue weighted by Crippen LogP contribution is 2.53. The number of nitrogens with zero attached hydrogens (tertiary/aromatic N) is 1. The Balaban J connectivity index is 1.14. The normalized spacial score (nSPS) is 13.2. The molecule has 0 aliphatic heterocycles. The zero-order chi connectivity index (χ0) is 30.8. The number of para-hydroxylation sites is 1. The van der Waals surface area contributed by atoms with E-state index in [2.05, 4.69) is 153 Å². The lowest BCUT2D eigenvalue weighted by molar-refractivity contribution is 0.653. The first-order valence-corrected chi connectivity index (χ1v) is 15.9. The average molecular weight is 590 g/mol. The molecule has 6 aromatic carbocycles. The molecule has 0 fully saturated rings. The highest BCUT2D eigenvalue weighted by atomic mass is 16.3. The zero-order valence-corrected chi connectivity index (χ0v) is 25.8. The first kappa shape index (κ1) is 26.7. The first-order valence-electron chi connectivity index (χ1n) is 15.9. The molecule has 1 aliphatic rings. The van der Waals surface area contributed by atoms with Gasteiger partial charge in [0.2, 0.25) is 0 Å². The minimum atomic E-state index is -0.105. The van der Waals surface area contributed by atoms with Crippen molar-refractivity contribution in [3.8, 4) is 55.9 Å². The van der Waals surface area contributed by atoms with Crippen LogP contribution in [0.5, 0.6) is 0 Å². The molecule has 8 aromatic rings. The fourth-order valence-electron chi connectivity index (χ4n) is 7.26. The highest BCUT2D eigenvalue weighted by molar-refractivity contribution is 6.12. The van der Waals surface area contributed by atoms with Gasteiger partial charge in [0.1, 0.15) is 11.2 Å². The van der Waals surface area contributed by atoms with Crippen LogP contribution in [0.25, 0.3) is 77.8 Å². The fraction of sp³-hybridized carbons (Fsp3) is 0.0682. The van der Waals surface area contributed by atoms with Gasteiger partial charge in [0.25, 0.3) is 0 Å². The quantitative estimate of drug-likeness (QED) is 0.204. The number of furan rings is 1. The highest BCUT2D eigenvalue weighted by Gasteiger charge is 2.37. The predicted octanol–water partition coefficient (Wildman–Crippen LogP) is 12.0. The van der Waals surface area contributed by atoms with E-state index in [-0.39, 0.29) is 5.41 Å². The third-order valence-electron chi connectivity index (χ3n) is 9.70. The Hall–Kier alpha value is -5.73. The van der Waals surface area contributed by atoms with E-state index in [0.29, 0.717) is 0 Å². The molecule has 2 aromatic heterocycles. The van der Waals surface area contributed by atoms with Crippen LogP contribution < -0.4 is 0 Å². The van der Waals surface area contributed by atoms with Crippen molar-refractivity contribution >= 4 is 21.9 Å². The van der Waals surface area contributed by atoms with E-state index in [1.165, 1.54) is 49.7 Å². The Morgan fingerprint density at radius 2 is 1.02 bits per heavy atom. The van der Waals surface area contributed by atoms with Gasteiger partial charge in [0.05, 0.1) is 11.4 Å². The molecule has 2 heterocycles. The second-order valence-electron chi connectivity index (χ2n) is 12.8. The number of aromatic nitrogens is 1. The minimum Gasteiger partial charge on any atom is -0.455 e. The number of pyridine rings is 1. The SMILES string of the molecule is CC1(C)c2ccc(-c3ccc(-c4cc(-c5ccccc5)cc(-c5ccccc5)n4)cc3)cc2-c2c1ccc1c2oc2ccccc21. The second-order valence-corrected chi connectivity index (χ2v) is 12.8. The molecule has 0 N–H and O–H groups in total. The van der Waals surface area contributed by atoms with Gasteiger partial charge in [-0.2, -0.15) is 0 Å². The third-order valence-corrected chi connectivity index (χ3v) is 9.70. The fourth-order valence-corrected chi connectivity index (χ4v) is 7.26. The molecule has 0 spiro atoms. The number of rotatable bonds is 4. The molecule has 0 unspecified atom stereocenters. The Morgan fingerprint density at radius 3 is 1.76 bits per heavy atom. The summed E-state index contributed by atoms with van der Waals surface area (Å²) in [5, 5.41) is 2.34. The lowest BCUT2D eigenvalue weighted by Gasteiger charge is -2.21. The molecule has 0 amide bonds. The van der Waals surface area contributed by atoms with E-state index in [4.69, 9.17) is 9.40 Å². The van der Waals surface area contributed by atoms with Crippen LogP contribution in [0.1, 0.15) is 25.0 Å². The predicted molar refractivity (Wildman–Crippen MR) is 191 cm³/mol. The average Bonchev–Trinajstić information content (AvgIpc) is 3.61. The smallest absolute Gasteiger partial charge is 0.143 e. The molecule has 218 valence electrons. The van der Waals surface area contributed by atoms with Crippen molar-refractivity contribution < 1.29 is 4.42 Å². The summed E-state index contributed by atoms with van der Waals surface area (Å²) in [6, 6.07) is 54.0. The lowest BCUT2D eigenvalue weighted by atomic mass is 9.82. The van der Waals surface area contributed by atoms with Crippen molar-refractivity contribution in [3.63, 3.8) is 0 Å². The molecule has 0 radical (unpaired) electrons. The van der Waals surface area contributed by atoms with E-state index in [1.807, 2.05) is 12.1 Å². The Kier molecular flexibility index (Phi) is 5.88. The van der Waals surface area contributed by atoms with Gasteiger partial charge < -0.3 is 4.42 Å². The van der Waals surface area contributed by atoms with Gasteiger partial charge >= 0.3 is 0 Å². The summed E-state index contributed by atoms with van der Waals surface area (Å²) in [7, 11) is 0. The summed E-state index contributed by atoms with van der Waals surface area (Å²) in [6.45, 7) is 4.64. The molecule has 0 saturated carbocycles.